The van der Waals surface area contributed by atoms with Crippen LogP contribution in [0.25, 0.3) is 0 Å². The van der Waals surface area contributed by atoms with Gasteiger partial charge in [-0.15, -0.1) is 0 Å². The quantitative estimate of drug-likeness (QED) is 0.576. The standard InChI is InChI=1S/C17H22BrN3O2/c1-5-21(4)10-19-15-9-14(18)17(20-12(15)3)23-16-7-6-13(22)8-11(16)2/h8-10,16H,5-7H2,1-4H3. The largest absolute Gasteiger partial charge is 0.469 e. The van der Waals surface area contributed by atoms with E-state index in [1.54, 1.807) is 12.4 Å². The fraction of sp³-hybridized carbons (Fsp3) is 0.471. The van der Waals surface area contributed by atoms with Crippen molar-refractivity contribution in [2.75, 3.05) is 13.6 Å². The van der Waals surface area contributed by atoms with E-state index < -0.39 is 0 Å². The van der Waals surface area contributed by atoms with Crippen LogP contribution >= 0.6 is 15.9 Å². The second-order valence-electron chi connectivity index (χ2n) is 5.70. The Kier molecular flexibility index (Phi) is 5.93. The second-order valence-corrected chi connectivity index (χ2v) is 6.55. The molecular weight excluding hydrogens is 358 g/mol. The molecule has 5 nitrogen and oxygen atoms in total. The number of nitrogens with zero attached hydrogens (tertiary/aromatic N) is 3. The molecule has 6 heteroatoms. The highest BCUT2D eigenvalue weighted by Gasteiger charge is 2.22. The Hall–Kier alpha value is -1.69. The maximum Gasteiger partial charge on any atom is 0.228 e. The number of aryl methyl sites for hydroxylation is 1. The molecule has 0 radical (unpaired) electrons. The van der Waals surface area contributed by atoms with E-state index in [4.69, 9.17) is 4.74 Å². The van der Waals surface area contributed by atoms with E-state index in [2.05, 4.69) is 32.8 Å². The van der Waals surface area contributed by atoms with Crippen LogP contribution < -0.4 is 4.74 Å². The summed E-state index contributed by atoms with van der Waals surface area (Å²) in [6, 6.07) is 1.91. The summed E-state index contributed by atoms with van der Waals surface area (Å²) in [5.74, 6) is 0.702. The zero-order chi connectivity index (χ0) is 17.0. The van der Waals surface area contributed by atoms with Gasteiger partial charge in [0.2, 0.25) is 5.88 Å². The maximum absolute atomic E-state index is 11.4. The summed E-state index contributed by atoms with van der Waals surface area (Å²) in [5.41, 5.74) is 2.55. The van der Waals surface area contributed by atoms with Gasteiger partial charge in [0, 0.05) is 20.0 Å². The molecule has 1 aromatic heterocycles. The molecule has 0 spiro atoms. The van der Waals surface area contributed by atoms with Gasteiger partial charge in [-0.1, -0.05) is 0 Å². The first kappa shape index (κ1) is 17.7. The minimum Gasteiger partial charge on any atom is -0.469 e. The Morgan fingerprint density at radius 1 is 1.52 bits per heavy atom. The third-order valence-electron chi connectivity index (χ3n) is 3.80. The molecule has 1 aromatic rings. The van der Waals surface area contributed by atoms with Crippen LogP contribution in [0, 0.1) is 6.92 Å². The van der Waals surface area contributed by atoms with Crippen molar-refractivity contribution in [3.63, 3.8) is 0 Å². The first-order valence-corrected chi connectivity index (χ1v) is 8.49. The highest BCUT2D eigenvalue weighted by Crippen LogP contribution is 2.32. The lowest BCUT2D eigenvalue weighted by molar-refractivity contribution is -0.115. The maximum atomic E-state index is 11.4. The molecule has 0 N–H and O–H groups in total. The lowest BCUT2D eigenvalue weighted by Gasteiger charge is -2.23. The molecule has 0 fully saturated rings. The van der Waals surface area contributed by atoms with E-state index in [1.807, 2.05) is 31.9 Å². The number of carbonyl (C=O) groups excluding carboxylic acids is 1. The van der Waals surface area contributed by atoms with Crippen LogP contribution in [0.3, 0.4) is 0 Å². The lowest BCUT2D eigenvalue weighted by atomic mass is 9.97. The van der Waals surface area contributed by atoms with Crippen molar-refractivity contribution < 1.29 is 9.53 Å². The minimum absolute atomic E-state index is 0.100. The number of aromatic nitrogens is 1. The molecule has 0 saturated heterocycles. The Bertz CT molecular complexity index is 655. The molecule has 23 heavy (non-hydrogen) atoms. The minimum atomic E-state index is -0.100. The number of carbonyl (C=O) groups is 1. The van der Waals surface area contributed by atoms with E-state index >= 15 is 0 Å². The summed E-state index contributed by atoms with van der Waals surface area (Å²) < 4.78 is 6.75. The van der Waals surface area contributed by atoms with Crippen molar-refractivity contribution in [1.29, 1.82) is 0 Å². The Morgan fingerprint density at radius 2 is 2.26 bits per heavy atom. The summed E-state index contributed by atoms with van der Waals surface area (Å²) in [7, 11) is 1.97. The summed E-state index contributed by atoms with van der Waals surface area (Å²) in [5, 5.41) is 0. The van der Waals surface area contributed by atoms with Crippen LogP contribution in [-0.2, 0) is 4.79 Å². The van der Waals surface area contributed by atoms with E-state index in [9.17, 15) is 4.79 Å². The topological polar surface area (TPSA) is 54.8 Å². The van der Waals surface area contributed by atoms with Gasteiger partial charge in [-0.05, 0) is 60.8 Å². The van der Waals surface area contributed by atoms with Crippen LogP contribution in [0.5, 0.6) is 5.88 Å². The number of allylic oxidation sites excluding steroid dienone is 1. The van der Waals surface area contributed by atoms with E-state index in [1.165, 1.54) is 0 Å². The SMILES string of the molecule is CCN(C)C=Nc1cc(Br)c(OC2CCC(=O)C=C2C)nc1C. The highest BCUT2D eigenvalue weighted by atomic mass is 79.9. The predicted molar refractivity (Wildman–Crippen MR) is 95.5 cm³/mol. The van der Waals surface area contributed by atoms with Gasteiger partial charge >= 0.3 is 0 Å². The number of hydrogen-bond acceptors (Lipinski definition) is 4. The molecule has 2 rings (SSSR count). The lowest BCUT2D eigenvalue weighted by Crippen LogP contribution is -2.24. The van der Waals surface area contributed by atoms with Gasteiger partial charge in [0.15, 0.2) is 5.78 Å². The van der Waals surface area contributed by atoms with Gasteiger partial charge in [-0.2, -0.15) is 0 Å². The number of pyridine rings is 1. The Labute approximate surface area is 145 Å². The van der Waals surface area contributed by atoms with Crippen LogP contribution in [-0.4, -0.2) is 41.7 Å². The molecule has 0 aliphatic heterocycles. The molecule has 0 amide bonds. The molecule has 1 aliphatic rings. The molecule has 1 heterocycles. The summed E-state index contributed by atoms with van der Waals surface area (Å²) >= 11 is 3.50. The number of ether oxygens (including phenoxy) is 1. The average molecular weight is 380 g/mol. The third-order valence-corrected chi connectivity index (χ3v) is 4.37. The fourth-order valence-corrected chi connectivity index (χ4v) is 2.61. The first-order valence-electron chi connectivity index (χ1n) is 7.70. The first-order chi connectivity index (χ1) is 10.9. The van der Waals surface area contributed by atoms with Gasteiger partial charge in [0.1, 0.15) is 6.10 Å². The normalized spacial score (nSPS) is 18.2. The van der Waals surface area contributed by atoms with Gasteiger partial charge in [-0.25, -0.2) is 9.98 Å². The molecule has 1 atom stereocenters. The fourth-order valence-electron chi connectivity index (χ4n) is 2.21. The molecular formula is C17H22BrN3O2. The number of ketones is 1. The van der Waals surface area contributed by atoms with Crippen molar-refractivity contribution in [2.45, 2.75) is 39.7 Å². The average Bonchev–Trinajstić information content (AvgIpc) is 2.51. The van der Waals surface area contributed by atoms with E-state index in [0.29, 0.717) is 18.7 Å². The van der Waals surface area contributed by atoms with E-state index in [-0.39, 0.29) is 11.9 Å². The summed E-state index contributed by atoms with van der Waals surface area (Å²) in [6.45, 7) is 6.78. The van der Waals surface area contributed by atoms with Crippen molar-refractivity contribution in [1.82, 2.24) is 9.88 Å². The summed E-state index contributed by atoms with van der Waals surface area (Å²) in [6.07, 6.45) is 4.56. The monoisotopic (exact) mass is 379 g/mol. The number of aliphatic imine (C=N–C) groups is 1. The number of rotatable bonds is 5. The van der Waals surface area contributed by atoms with Gasteiger partial charge in [-0.3, -0.25) is 4.79 Å². The molecule has 1 aliphatic carbocycles. The molecule has 0 saturated carbocycles. The van der Waals surface area contributed by atoms with Crippen LogP contribution in [0.2, 0.25) is 0 Å². The third kappa shape index (κ3) is 4.64. The number of halogens is 1. The predicted octanol–water partition coefficient (Wildman–Crippen LogP) is 3.82. The zero-order valence-corrected chi connectivity index (χ0v) is 15.6. The summed E-state index contributed by atoms with van der Waals surface area (Å²) in [4.78, 5) is 22.4. The van der Waals surface area contributed by atoms with Crippen molar-refractivity contribution in [2.24, 2.45) is 4.99 Å². The van der Waals surface area contributed by atoms with Crippen molar-refractivity contribution in [3.05, 3.63) is 27.9 Å². The molecule has 1 unspecified atom stereocenters. The molecule has 0 bridgehead atoms. The van der Waals surface area contributed by atoms with Crippen LogP contribution in [0.1, 0.15) is 32.4 Å². The zero-order valence-electron chi connectivity index (χ0n) is 14.0. The Balaban J connectivity index is 2.18. The van der Waals surface area contributed by atoms with Crippen LogP contribution in [0.4, 0.5) is 5.69 Å². The van der Waals surface area contributed by atoms with Crippen LogP contribution in [0.15, 0.2) is 27.2 Å². The van der Waals surface area contributed by atoms with Crippen molar-refractivity contribution in [3.8, 4) is 5.88 Å². The van der Waals surface area contributed by atoms with E-state index in [0.717, 1.165) is 28.0 Å². The highest BCUT2D eigenvalue weighted by molar-refractivity contribution is 9.10. The van der Waals surface area contributed by atoms with Gasteiger partial charge < -0.3 is 9.64 Å². The number of hydrogen-bond donors (Lipinski definition) is 0. The van der Waals surface area contributed by atoms with Crippen molar-refractivity contribution >= 4 is 33.7 Å². The van der Waals surface area contributed by atoms with Gasteiger partial charge in [0.05, 0.1) is 22.2 Å². The molecule has 124 valence electrons. The Morgan fingerprint density at radius 3 is 2.91 bits per heavy atom. The smallest absolute Gasteiger partial charge is 0.228 e. The second kappa shape index (κ2) is 7.73. The molecule has 0 aromatic carbocycles. The van der Waals surface area contributed by atoms with Gasteiger partial charge in [0.25, 0.3) is 0 Å².